The van der Waals surface area contributed by atoms with Crippen molar-refractivity contribution in [3.8, 4) is 11.3 Å². The Kier molecular flexibility index (Phi) is 7.27. The molecule has 10 heteroatoms. The molecule has 9 nitrogen and oxygen atoms in total. The number of hydrogen-bond acceptors (Lipinski definition) is 8. The number of anilines is 2. The summed E-state index contributed by atoms with van der Waals surface area (Å²) in [4.78, 5) is 29.1. The number of thiazole rings is 1. The average molecular weight is 531 g/mol. The maximum Gasteiger partial charge on any atom is 0.263 e. The zero-order valence-corrected chi connectivity index (χ0v) is 23.3. The molecule has 0 unspecified atom stereocenters. The van der Waals surface area contributed by atoms with Gasteiger partial charge in [0.1, 0.15) is 4.88 Å². The minimum atomic E-state index is -0.101. The number of hydrogen-bond donors (Lipinski definition) is 2. The summed E-state index contributed by atoms with van der Waals surface area (Å²) in [6.07, 6.45) is 8.36. The van der Waals surface area contributed by atoms with Crippen LogP contribution in [-0.2, 0) is 12.0 Å². The third kappa shape index (κ3) is 5.92. The predicted octanol–water partition coefficient (Wildman–Crippen LogP) is 4.95. The molecule has 5 rings (SSSR count). The summed E-state index contributed by atoms with van der Waals surface area (Å²) < 4.78 is 2.02. The lowest BCUT2D eigenvalue weighted by Gasteiger charge is -2.13. The van der Waals surface area contributed by atoms with Crippen molar-refractivity contribution in [3.05, 3.63) is 70.1 Å². The number of benzene rings is 1. The quantitative estimate of drug-likeness (QED) is 0.349. The lowest BCUT2D eigenvalue weighted by atomic mass is 9.98. The normalized spacial score (nSPS) is 16.1. The highest BCUT2D eigenvalue weighted by Crippen LogP contribution is 2.27. The number of carbonyl (C=O) groups excluding carboxylic acids is 1. The van der Waals surface area contributed by atoms with E-state index in [2.05, 4.69) is 64.5 Å². The number of likely N-dealkylation sites (N-methyl/N-ethyl adjacent to an activating group) is 1. The van der Waals surface area contributed by atoms with Gasteiger partial charge in [-0.3, -0.25) is 9.48 Å². The molecule has 0 bridgehead atoms. The van der Waals surface area contributed by atoms with Crippen molar-refractivity contribution < 1.29 is 4.79 Å². The Morgan fingerprint density at radius 3 is 2.74 bits per heavy atom. The number of nitrogens with one attached hydrogen (secondary N) is 2. The maximum atomic E-state index is 12.7. The fraction of sp³-hybridized carbons (Fsp3) is 0.393. The molecule has 0 aliphatic carbocycles. The molecule has 1 aliphatic rings. The van der Waals surface area contributed by atoms with E-state index in [0.29, 0.717) is 23.4 Å². The predicted molar refractivity (Wildman–Crippen MR) is 151 cm³/mol. The molecule has 2 N–H and O–H groups in total. The van der Waals surface area contributed by atoms with Gasteiger partial charge in [0.25, 0.3) is 5.91 Å². The third-order valence-corrected chi connectivity index (χ3v) is 8.12. The van der Waals surface area contributed by atoms with Gasteiger partial charge in [-0.05, 0) is 50.2 Å². The van der Waals surface area contributed by atoms with Crippen molar-refractivity contribution in [2.75, 3.05) is 25.5 Å². The smallest absolute Gasteiger partial charge is 0.263 e. The molecule has 198 valence electrons. The second-order valence-electron chi connectivity index (χ2n) is 10.9. The van der Waals surface area contributed by atoms with Crippen LogP contribution in [-0.4, -0.2) is 55.7 Å². The Labute approximate surface area is 227 Å². The van der Waals surface area contributed by atoms with E-state index in [-0.39, 0.29) is 11.3 Å². The minimum Gasteiger partial charge on any atom is -0.347 e. The number of amides is 1. The molecular formula is C28H34N8OS. The van der Waals surface area contributed by atoms with Crippen LogP contribution in [0.25, 0.3) is 11.3 Å². The molecule has 3 aromatic heterocycles. The summed E-state index contributed by atoms with van der Waals surface area (Å²) in [5.74, 6) is 0.426. The van der Waals surface area contributed by atoms with E-state index in [1.807, 2.05) is 42.2 Å². The fourth-order valence-electron chi connectivity index (χ4n) is 4.48. The van der Waals surface area contributed by atoms with E-state index >= 15 is 0 Å². The Bertz CT molecular complexity index is 1440. The molecule has 1 amide bonds. The number of aryl methyl sites for hydroxylation is 1. The molecule has 0 saturated carbocycles. The van der Waals surface area contributed by atoms with Gasteiger partial charge in [-0.15, -0.1) is 11.3 Å². The lowest BCUT2D eigenvalue weighted by molar-refractivity contribution is 0.0954. The van der Waals surface area contributed by atoms with Crippen molar-refractivity contribution in [3.63, 3.8) is 0 Å². The number of rotatable bonds is 7. The highest BCUT2D eigenvalue weighted by atomic mass is 32.1. The maximum absolute atomic E-state index is 12.7. The van der Waals surface area contributed by atoms with Crippen LogP contribution in [0.1, 0.15) is 59.0 Å². The van der Waals surface area contributed by atoms with Gasteiger partial charge in [-0.1, -0.05) is 32.9 Å². The van der Waals surface area contributed by atoms with E-state index < -0.39 is 0 Å². The molecule has 1 aromatic carbocycles. The van der Waals surface area contributed by atoms with Crippen LogP contribution in [0.5, 0.6) is 0 Å². The summed E-state index contributed by atoms with van der Waals surface area (Å²) in [6.45, 7) is 10.9. The summed E-state index contributed by atoms with van der Waals surface area (Å²) in [5.41, 5.74) is 4.75. The van der Waals surface area contributed by atoms with E-state index in [0.717, 1.165) is 52.6 Å². The number of carbonyl (C=O) groups is 1. The summed E-state index contributed by atoms with van der Waals surface area (Å²) >= 11 is 1.45. The van der Waals surface area contributed by atoms with Crippen LogP contribution >= 0.6 is 11.3 Å². The van der Waals surface area contributed by atoms with Gasteiger partial charge in [0.05, 0.1) is 34.8 Å². The summed E-state index contributed by atoms with van der Waals surface area (Å²) in [6, 6.07) is 8.45. The largest absolute Gasteiger partial charge is 0.347 e. The Morgan fingerprint density at radius 1 is 1.18 bits per heavy atom. The van der Waals surface area contributed by atoms with Crippen LogP contribution in [0, 0.1) is 6.92 Å². The van der Waals surface area contributed by atoms with Gasteiger partial charge < -0.3 is 15.5 Å². The van der Waals surface area contributed by atoms with Crippen LogP contribution in [0.3, 0.4) is 0 Å². The molecule has 4 aromatic rings. The first-order chi connectivity index (χ1) is 18.2. The van der Waals surface area contributed by atoms with Gasteiger partial charge in [0, 0.05) is 36.5 Å². The van der Waals surface area contributed by atoms with Gasteiger partial charge in [0.15, 0.2) is 0 Å². The Balaban J connectivity index is 1.23. The van der Waals surface area contributed by atoms with Gasteiger partial charge in [-0.25, -0.2) is 15.0 Å². The first-order valence-corrected chi connectivity index (χ1v) is 13.6. The van der Waals surface area contributed by atoms with Crippen LogP contribution in [0.4, 0.5) is 11.6 Å². The first kappa shape index (κ1) is 26.0. The van der Waals surface area contributed by atoms with Crippen molar-refractivity contribution >= 4 is 28.9 Å². The zero-order chi connectivity index (χ0) is 26.9. The molecular weight excluding hydrogens is 496 g/mol. The second-order valence-corrected chi connectivity index (χ2v) is 11.9. The number of aromatic nitrogens is 5. The van der Waals surface area contributed by atoms with Gasteiger partial charge >= 0.3 is 0 Å². The highest BCUT2D eigenvalue weighted by Gasteiger charge is 2.22. The average Bonchev–Trinajstić information content (AvgIpc) is 3.64. The van der Waals surface area contributed by atoms with Crippen molar-refractivity contribution in [2.24, 2.45) is 0 Å². The van der Waals surface area contributed by atoms with Crippen LogP contribution in [0.2, 0.25) is 0 Å². The Hall–Kier alpha value is -3.63. The summed E-state index contributed by atoms with van der Waals surface area (Å²) in [5, 5.41) is 11.8. The molecule has 4 heterocycles. The fourth-order valence-corrected chi connectivity index (χ4v) is 5.37. The number of likely N-dealkylation sites (tertiary alicyclic amines) is 1. The van der Waals surface area contributed by atoms with Gasteiger partial charge in [0.2, 0.25) is 5.95 Å². The zero-order valence-electron chi connectivity index (χ0n) is 22.5. The van der Waals surface area contributed by atoms with Crippen molar-refractivity contribution in [1.29, 1.82) is 0 Å². The monoisotopic (exact) mass is 530 g/mol. The molecule has 0 radical (unpaired) electrons. The SMILES string of the molecule is Cc1cc(-c2ccnc(Nc3cnn([C@@H]4CCN(C)C4)c3)n2)ccc1CNC(=O)c1cnc(C(C)(C)C)s1. The molecule has 1 saturated heterocycles. The van der Waals surface area contributed by atoms with E-state index in [1.54, 1.807) is 12.4 Å². The lowest BCUT2D eigenvalue weighted by Crippen LogP contribution is -2.22. The van der Waals surface area contributed by atoms with E-state index in [1.165, 1.54) is 11.3 Å². The molecule has 1 fully saturated rings. The van der Waals surface area contributed by atoms with E-state index in [9.17, 15) is 4.79 Å². The van der Waals surface area contributed by atoms with Crippen molar-refractivity contribution in [1.82, 2.24) is 34.9 Å². The topological polar surface area (TPSA) is 101 Å². The number of nitrogens with zero attached hydrogens (tertiary/aromatic N) is 6. The van der Waals surface area contributed by atoms with Crippen LogP contribution in [0.15, 0.2) is 49.1 Å². The minimum absolute atomic E-state index is 0.0687. The molecule has 38 heavy (non-hydrogen) atoms. The molecule has 0 spiro atoms. The highest BCUT2D eigenvalue weighted by molar-refractivity contribution is 7.13. The van der Waals surface area contributed by atoms with Crippen LogP contribution < -0.4 is 10.6 Å². The third-order valence-electron chi connectivity index (χ3n) is 6.70. The summed E-state index contributed by atoms with van der Waals surface area (Å²) in [7, 11) is 2.14. The Morgan fingerprint density at radius 2 is 2.03 bits per heavy atom. The standard InChI is InChI=1S/C28H34N8OS/c1-18-12-19(6-7-20(18)13-30-25(37)24-15-31-26(38-24)28(2,3)4)23-8-10-29-27(34-23)33-21-14-32-36(16-21)22-9-11-35(5)17-22/h6-8,10,12,14-16,22H,9,11,13,17H2,1-5H3,(H,30,37)(H,29,33,34)/t22-/m1/s1. The van der Waals surface area contributed by atoms with Gasteiger partial charge in [-0.2, -0.15) is 5.10 Å². The second kappa shape index (κ2) is 10.6. The molecule has 1 atom stereocenters. The van der Waals surface area contributed by atoms with E-state index in [4.69, 9.17) is 4.98 Å². The molecule has 1 aliphatic heterocycles. The first-order valence-electron chi connectivity index (χ1n) is 12.8. The van der Waals surface area contributed by atoms with Crippen molar-refractivity contribution in [2.45, 2.75) is 52.1 Å².